The van der Waals surface area contributed by atoms with Crippen molar-refractivity contribution in [3.63, 3.8) is 0 Å². The zero-order valence-electron chi connectivity index (χ0n) is 19.7. The fourth-order valence-corrected chi connectivity index (χ4v) is 4.86. The van der Waals surface area contributed by atoms with Gasteiger partial charge in [0, 0.05) is 16.1 Å². The molecular weight excluding hydrogens is 470 g/mol. The lowest BCUT2D eigenvalue weighted by molar-refractivity contribution is -0.141. The van der Waals surface area contributed by atoms with E-state index in [1.54, 1.807) is 50.6 Å². The molecule has 0 radical (unpaired) electrons. The number of halogens is 1. The fraction of sp³-hybridized carbons (Fsp3) is 0.259. The van der Waals surface area contributed by atoms with Crippen LogP contribution in [0.15, 0.2) is 60.7 Å². The van der Waals surface area contributed by atoms with Gasteiger partial charge in [0.15, 0.2) is 11.5 Å². The second-order valence-corrected chi connectivity index (χ2v) is 8.57. The van der Waals surface area contributed by atoms with Crippen molar-refractivity contribution in [3.8, 4) is 28.4 Å². The number of carbonyl (C=O) groups is 2. The molecule has 1 heterocycles. The number of likely N-dealkylation sites (tertiary alicyclic amines) is 1. The van der Waals surface area contributed by atoms with Crippen molar-refractivity contribution < 1.29 is 28.9 Å². The van der Waals surface area contributed by atoms with Crippen LogP contribution in [0.25, 0.3) is 11.1 Å². The molecule has 1 fully saturated rings. The highest BCUT2D eigenvalue weighted by Gasteiger charge is 2.42. The molecule has 7 nitrogen and oxygen atoms in total. The summed E-state index contributed by atoms with van der Waals surface area (Å²) in [4.78, 5) is 27.1. The summed E-state index contributed by atoms with van der Waals surface area (Å²) in [6.45, 7) is 0. The van der Waals surface area contributed by atoms with Crippen molar-refractivity contribution in [2.75, 3.05) is 21.3 Å². The van der Waals surface area contributed by atoms with Gasteiger partial charge in [-0.15, -0.1) is 0 Å². The molecule has 1 saturated heterocycles. The summed E-state index contributed by atoms with van der Waals surface area (Å²) in [5.74, 6) is 0.208. The summed E-state index contributed by atoms with van der Waals surface area (Å²) in [5, 5.41) is 10.3. The molecule has 1 amide bonds. The highest BCUT2D eigenvalue weighted by molar-refractivity contribution is 6.31. The maximum absolute atomic E-state index is 13.7. The van der Waals surface area contributed by atoms with Gasteiger partial charge in [0.1, 0.15) is 11.8 Å². The summed E-state index contributed by atoms with van der Waals surface area (Å²) in [7, 11) is 4.65. The lowest BCUT2D eigenvalue weighted by Crippen LogP contribution is -2.41. The van der Waals surface area contributed by atoms with E-state index in [0.717, 1.165) is 16.7 Å². The Morgan fingerprint density at radius 2 is 1.60 bits per heavy atom. The number of benzene rings is 3. The smallest absolute Gasteiger partial charge is 0.326 e. The zero-order chi connectivity index (χ0) is 25.1. The molecule has 0 aliphatic carbocycles. The quantitative estimate of drug-likeness (QED) is 0.468. The Labute approximate surface area is 208 Å². The number of rotatable bonds is 7. The molecule has 182 valence electrons. The standard InChI is InChI=1S/C27H26ClNO6/c1-33-23-13-9-16(14-25(23)35-3)18-10-8-17(15-24(18)34-2)26(30)29-21(11-12-22(29)27(31)32)19-6-4-5-7-20(19)28/h4-10,13-15,21-22H,11-12H2,1-3H3,(H,31,32)/t21-,22+/m1/s1. The minimum Gasteiger partial charge on any atom is -0.496 e. The number of carboxylic acids is 1. The van der Waals surface area contributed by atoms with E-state index >= 15 is 0 Å². The van der Waals surface area contributed by atoms with Gasteiger partial charge in [-0.25, -0.2) is 4.79 Å². The Morgan fingerprint density at radius 3 is 2.26 bits per heavy atom. The molecule has 2 atom stereocenters. The number of carbonyl (C=O) groups excluding carboxylic acids is 1. The van der Waals surface area contributed by atoms with Crippen molar-refractivity contribution in [3.05, 3.63) is 76.8 Å². The van der Waals surface area contributed by atoms with Crippen LogP contribution in [0, 0.1) is 0 Å². The molecule has 0 spiro atoms. The Bertz CT molecular complexity index is 1260. The van der Waals surface area contributed by atoms with Crippen LogP contribution in [0.4, 0.5) is 0 Å². The number of methoxy groups -OCH3 is 3. The van der Waals surface area contributed by atoms with Crippen molar-refractivity contribution >= 4 is 23.5 Å². The monoisotopic (exact) mass is 495 g/mol. The number of carboxylic acid groups (broad SMARTS) is 1. The van der Waals surface area contributed by atoms with E-state index in [9.17, 15) is 14.7 Å². The van der Waals surface area contributed by atoms with Crippen LogP contribution in [0.1, 0.15) is 34.8 Å². The molecule has 1 aliphatic rings. The molecule has 0 aromatic heterocycles. The van der Waals surface area contributed by atoms with Gasteiger partial charge in [-0.05, 0) is 60.4 Å². The first-order valence-electron chi connectivity index (χ1n) is 11.1. The fourth-order valence-electron chi connectivity index (χ4n) is 4.60. The second-order valence-electron chi connectivity index (χ2n) is 8.17. The van der Waals surface area contributed by atoms with Gasteiger partial charge in [-0.2, -0.15) is 0 Å². The Kier molecular flexibility index (Phi) is 7.17. The van der Waals surface area contributed by atoms with Crippen LogP contribution < -0.4 is 14.2 Å². The summed E-state index contributed by atoms with van der Waals surface area (Å²) in [6.07, 6.45) is 0.852. The van der Waals surface area contributed by atoms with E-state index in [2.05, 4.69) is 0 Å². The van der Waals surface area contributed by atoms with Crippen LogP contribution >= 0.6 is 11.6 Å². The predicted octanol–water partition coefficient (Wildman–Crippen LogP) is 5.46. The minimum absolute atomic E-state index is 0.330. The Hall–Kier alpha value is -3.71. The Morgan fingerprint density at radius 1 is 0.886 bits per heavy atom. The van der Waals surface area contributed by atoms with Crippen LogP contribution in [-0.4, -0.2) is 49.3 Å². The van der Waals surface area contributed by atoms with Crippen LogP contribution in [0.5, 0.6) is 17.2 Å². The number of hydrogen-bond acceptors (Lipinski definition) is 5. The zero-order valence-corrected chi connectivity index (χ0v) is 20.4. The maximum Gasteiger partial charge on any atom is 0.326 e. The van der Waals surface area contributed by atoms with E-state index < -0.39 is 24.0 Å². The molecule has 0 bridgehead atoms. The van der Waals surface area contributed by atoms with Gasteiger partial charge in [0.2, 0.25) is 0 Å². The van der Waals surface area contributed by atoms with Gasteiger partial charge >= 0.3 is 5.97 Å². The Balaban J connectivity index is 1.73. The topological polar surface area (TPSA) is 85.3 Å². The van der Waals surface area contributed by atoms with Gasteiger partial charge in [-0.3, -0.25) is 4.79 Å². The first-order chi connectivity index (χ1) is 16.9. The van der Waals surface area contributed by atoms with Gasteiger partial charge in [0.25, 0.3) is 5.91 Å². The number of ether oxygens (including phenoxy) is 3. The third-order valence-corrected chi connectivity index (χ3v) is 6.66. The molecular formula is C27H26ClNO6. The predicted molar refractivity (Wildman–Crippen MR) is 133 cm³/mol. The highest BCUT2D eigenvalue weighted by Crippen LogP contribution is 2.41. The average molecular weight is 496 g/mol. The molecule has 3 aromatic rings. The number of aliphatic carboxylic acids is 1. The number of amides is 1. The van der Waals surface area contributed by atoms with Crippen molar-refractivity contribution in [2.24, 2.45) is 0 Å². The number of hydrogen-bond donors (Lipinski definition) is 1. The summed E-state index contributed by atoms with van der Waals surface area (Å²) in [5.41, 5.74) is 2.64. The maximum atomic E-state index is 13.7. The number of nitrogens with zero attached hydrogens (tertiary/aromatic N) is 1. The van der Waals surface area contributed by atoms with E-state index in [0.29, 0.717) is 40.7 Å². The molecule has 8 heteroatoms. The van der Waals surface area contributed by atoms with E-state index in [1.165, 1.54) is 12.0 Å². The normalized spacial score (nSPS) is 17.2. The SMILES string of the molecule is COc1ccc(-c2ccc(C(=O)N3[C@@H](c4ccccc4Cl)CC[C@H]3C(=O)O)cc2OC)cc1OC. The molecule has 1 aliphatic heterocycles. The van der Waals surface area contributed by atoms with Gasteiger partial charge in [-0.1, -0.05) is 35.9 Å². The van der Waals surface area contributed by atoms with Crippen LogP contribution in [0.3, 0.4) is 0 Å². The van der Waals surface area contributed by atoms with Gasteiger partial charge in [0.05, 0.1) is 27.4 Å². The highest BCUT2D eigenvalue weighted by atomic mass is 35.5. The van der Waals surface area contributed by atoms with Crippen molar-refractivity contribution in [1.82, 2.24) is 4.90 Å². The first kappa shape index (κ1) is 24.4. The van der Waals surface area contributed by atoms with Crippen LogP contribution in [0.2, 0.25) is 5.02 Å². The molecule has 35 heavy (non-hydrogen) atoms. The summed E-state index contributed by atoms with van der Waals surface area (Å²) in [6, 6.07) is 16.4. The summed E-state index contributed by atoms with van der Waals surface area (Å²) < 4.78 is 16.3. The van der Waals surface area contributed by atoms with Crippen molar-refractivity contribution in [1.29, 1.82) is 0 Å². The molecule has 0 saturated carbocycles. The molecule has 1 N–H and O–H groups in total. The lowest BCUT2D eigenvalue weighted by atomic mass is 10.0. The third kappa shape index (κ3) is 4.64. The van der Waals surface area contributed by atoms with Crippen molar-refractivity contribution in [2.45, 2.75) is 24.9 Å². The lowest BCUT2D eigenvalue weighted by Gasteiger charge is -2.29. The largest absolute Gasteiger partial charge is 0.496 e. The molecule has 0 unspecified atom stereocenters. The van der Waals surface area contributed by atoms with Gasteiger partial charge < -0.3 is 24.2 Å². The second kappa shape index (κ2) is 10.3. The molecule has 3 aromatic carbocycles. The first-order valence-corrected chi connectivity index (χ1v) is 11.5. The van der Waals surface area contributed by atoms with E-state index in [4.69, 9.17) is 25.8 Å². The molecule has 4 rings (SSSR count). The average Bonchev–Trinajstić information content (AvgIpc) is 3.33. The van der Waals surface area contributed by atoms with Crippen LogP contribution in [-0.2, 0) is 4.79 Å². The van der Waals surface area contributed by atoms with E-state index in [1.807, 2.05) is 24.3 Å². The van der Waals surface area contributed by atoms with E-state index in [-0.39, 0.29) is 0 Å². The third-order valence-electron chi connectivity index (χ3n) is 6.31. The minimum atomic E-state index is -1.04. The summed E-state index contributed by atoms with van der Waals surface area (Å²) >= 11 is 6.41.